The first-order valence-corrected chi connectivity index (χ1v) is 6.15. The molecule has 22 heavy (non-hydrogen) atoms. The molecule has 0 fully saturated rings. The number of hydrogen-bond acceptors (Lipinski definition) is 8. The molecule has 1 unspecified atom stereocenters. The van der Waals surface area contributed by atoms with Gasteiger partial charge < -0.3 is 40.5 Å². The summed E-state index contributed by atoms with van der Waals surface area (Å²) in [5.74, 6) is -3.49. The molecule has 0 heterocycles. The summed E-state index contributed by atoms with van der Waals surface area (Å²) in [5, 5.41) is 65.2. The zero-order valence-corrected chi connectivity index (χ0v) is 11.5. The maximum Gasteiger partial charge on any atom is 0.334 e. The van der Waals surface area contributed by atoms with Crippen molar-refractivity contribution in [2.75, 3.05) is 0 Å². The molecule has 0 aliphatic rings. The summed E-state index contributed by atoms with van der Waals surface area (Å²) >= 11 is 0. The van der Waals surface area contributed by atoms with E-state index < -0.39 is 53.6 Å². The van der Waals surface area contributed by atoms with Crippen LogP contribution in [0.25, 0.3) is 0 Å². The number of rotatable bonds is 9. The van der Waals surface area contributed by atoms with Crippen LogP contribution in [0, 0.1) is 0 Å². The lowest BCUT2D eigenvalue weighted by molar-refractivity contribution is -0.147. The molecule has 126 valence electrons. The number of aliphatic hydroxyl groups excluding tert-OH is 5. The molecule has 0 rings (SSSR count). The van der Waals surface area contributed by atoms with Crippen molar-refractivity contribution in [1.29, 1.82) is 0 Å². The molecule has 0 aliphatic carbocycles. The molecule has 0 amide bonds. The molecule has 10 heteroatoms. The van der Waals surface area contributed by atoms with Crippen LogP contribution in [0.2, 0.25) is 0 Å². The van der Waals surface area contributed by atoms with Gasteiger partial charge in [-0.2, -0.15) is 0 Å². The highest BCUT2D eigenvalue weighted by molar-refractivity contribution is 5.99. The van der Waals surface area contributed by atoms with Crippen LogP contribution in [-0.4, -0.2) is 84.5 Å². The molecule has 0 spiro atoms. The van der Waals surface area contributed by atoms with Gasteiger partial charge >= 0.3 is 11.9 Å². The third kappa shape index (κ3) is 4.58. The normalized spacial score (nSPS) is 19.4. The zero-order valence-electron chi connectivity index (χ0n) is 11.5. The van der Waals surface area contributed by atoms with Gasteiger partial charge in [0.05, 0.1) is 5.57 Å². The van der Waals surface area contributed by atoms with Gasteiger partial charge in [-0.05, 0) is 6.42 Å². The van der Waals surface area contributed by atoms with Gasteiger partial charge in [0.15, 0.2) is 6.29 Å². The van der Waals surface area contributed by atoms with E-state index in [0.717, 1.165) is 0 Å². The summed E-state index contributed by atoms with van der Waals surface area (Å²) in [6, 6.07) is 0. The van der Waals surface area contributed by atoms with Gasteiger partial charge in [-0.15, -0.1) is 0 Å². The van der Waals surface area contributed by atoms with Crippen molar-refractivity contribution in [3.8, 4) is 0 Å². The van der Waals surface area contributed by atoms with Crippen LogP contribution in [0.5, 0.6) is 0 Å². The van der Waals surface area contributed by atoms with Gasteiger partial charge in [0, 0.05) is 5.57 Å². The van der Waals surface area contributed by atoms with Crippen molar-refractivity contribution in [2.45, 2.75) is 43.9 Å². The molecule has 0 saturated heterocycles. The highest BCUT2D eigenvalue weighted by atomic mass is 16.4. The van der Waals surface area contributed by atoms with E-state index in [-0.39, 0.29) is 12.7 Å². The number of aliphatic hydroxyl groups is 5. The van der Waals surface area contributed by atoms with E-state index in [2.05, 4.69) is 0 Å². The van der Waals surface area contributed by atoms with E-state index >= 15 is 0 Å². The van der Waals surface area contributed by atoms with Crippen molar-refractivity contribution in [3.63, 3.8) is 0 Å². The Hall–Kier alpha value is -1.85. The monoisotopic (exact) mass is 322 g/mol. The maximum absolute atomic E-state index is 11.1. The van der Waals surface area contributed by atoms with Crippen LogP contribution < -0.4 is 0 Å². The van der Waals surface area contributed by atoms with E-state index in [9.17, 15) is 34.8 Å². The molecule has 0 saturated carbocycles. The molecule has 5 atom stereocenters. The average molecular weight is 322 g/mol. The van der Waals surface area contributed by atoms with E-state index in [1.54, 1.807) is 0 Å². The third-order valence-electron chi connectivity index (χ3n) is 2.98. The van der Waals surface area contributed by atoms with Gasteiger partial charge in [0.25, 0.3) is 0 Å². The zero-order chi connectivity index (χ0) is 17.6. The van der Waals surface area contributed by atoms with E-state index in [1.807, 2.05) is 0 Å². The average Bonchev–Trinajstić information content (AvgIpc) is 2.47. The summed E-state index contributed by atoms with van der Waals surface area (Å²) in [7, 11) is 0. The predicted octanol–water partition coefficient (Wildman–Crippen LogP) is -3.13. The molecule has 10 nitrogen and oxygen atoms in total. The first kappa shape index (κ1) is 20.1. The predicted molar refractivity (Wildman–Crippen MR) is 68.7 cm³/mol. The van der Waals surface area contributed by atoms with Crippen LogP contribution >= 0.6 is 0 Å². The van der Waals surface area contributed by atoms with Gasteiger partial charge in [-0.1, -0.05) is 6.92 Å². The van der Waals surface area contributed by atoms with Crippen LogP contribution in [0.3, 0.4) is 0 Å². The SMILES string of the molecule is CC/C(C(=O)O)=C(\C(=O)O)C(O)[C@@H](O)[C@@H](O)[C@H](O)[C@@H](O)C=O. The minimum absolute atomic E-state index is 0.143. The highest BCUT2D eigenvalue weighted by Crippen LogP contribution is 2.19. The molecule has 0 bridgehead atoms. The van der Waals surface area contributed by atoms with Gasteiger partial charge in [0.1, 0.15) is 30.5 Å². The topological polar surface area (TPSA) is 193 Å². The van der Waals surface area contributed by atoms with Crippen molar-refractivity contribution in [2.24, 2.45) is 0 Å². The fraction of sp³-hybridized carbons (Fsp3) is 0.583. The van der Waals surface area contributed by atoms with Crippen LogP contribution in [0.4, 0.5) is 0 Å². The quantitative estimate of drug-likeness (QED) is 0.168. The second-order valence-corrected chi connectivity index (χ2v) is 4.40. The van der Waals surface area contributed by atoms with E-state index in [1.165, 1.54) is 6.92 Å². The molecule has 0 aromatic rings. The van der Waals surface area contributed by atoms with Gasteiger partial charge in [-0.25, -0.2) is 9.59 Å². The number of carbonyl (C=O) groups excluding carboxylic acids is 1. The van der Waals surface area contributed by atoms with Crippen molar-refractivity contribution >= 4 is 18.2 Å². The molecule has 0 aromatic heterocycles. The van der Waals surface area contributed by atoms with Gasteiger partial charge in [0.2, 0.25) is 0 Å². The summed E-state index contributed by atoms with van der Waals surface area (Å²) in [6.07, 6.45) is -11.7. The first-order valence-electron chi connectivity index (χ1n) is 6.15. The second kappa shape index (κ2) is 8.56. The number of aldehydes is 1. The summed E-state index contributed by atoms with van der Waals surface area (Å²) in [6.45, 7) is 1.30. The number of carboxylic acids is 2. The van der Waals surface area contributed by atoms with E-state index in [0.29, 0.717) is 0 Å². The van der Waals surface area contributed by atoms with Crippen molar-refractivity contribution < 1.29 is 50.1 Å². The largest absolute Gasteiger partial charge is 0.478 e. The Morgan fingerprint density at radius 3 is 1.73 bits per heavy atom. The number of aliphatic carboxylic acids is 2. The Labute approximate surface area is 124 Å². The summed E-state index contributed by atoms with van der Waals surface area (Å²) < 4.78 is 0. The number of hydrogen-bond donors (Lipinski definition) is 7. The Bertz CT molecular complexity index is 457. The van der Waals surface area contributed by atoms with Crippen molar-refractivity contribution in [3.05, 3.63) is 11.1 Å². The summed E-state index contributed by atoms with van der Waals surface area (Å²) in [5.41, 5.74) is -1.79. The van der Waals surface area contributed by atoms with Crippen LogP contribution in [-0.2, 0) is 14.4 Å². The van der Waals surface area contributed by atoms with E-state index in [4.69, 9.17) is 15.3 Å². The fourth-order valence-corrected chi connectivity index (χ4v) is 1.73. The maximum atomic E-state index is 11.1. The fourth-order valence-electron chi connectivity index (χ4n) is 1.73. The Kier molecular flexibility index (Phi) is 7.84. The standard InChI is InChI=1S/C12H18O10/c1-2-4(11(19)20)6(12(21)22)8(16)10(18)9(17)7(15)5(14)3-13/h3,5,7-10,14-18H,2H2,1H3,(H,19,20)(H,21,22)/b6-4+/t5-,7+,8?,9-,10+/m0/s1. The lowest BCUT2D eigenvalue weighted by Crippen LogP contribution is -2.50. The lowest BCUT2D eigenvalue weighted by Gasteiger charge is -2.28. The second-order valence-electron chi connectivity index (χ2n) is 4.40. The minimum Gasteiger partial charge on any atom is -0.478 e. The molecule has 7 N–H and O–H groups in total. The Balaban J connectivity index is 5.59. The third-order valence-corrected chi connectivity index (χ3v) is 2.98. The summed E-state index contributed by atoms with van der Waals surface area (Å²) in [4.78, 5) is 32.3. The Morgan fingerprint density at radius 2 is 1.41 bits per heavy atom. The van der Waals surface area contributed by atoms with Crippen LogP contribution in [0.15, 0.2) is 11.1 Å². The molecular weight excluding hydrogens is 304 g/mol. The van der Waals surface area contributed by atoms with Crippen molar-refractivity contribution in [1.82, 2.24) is 0 Å². The smallest absolute Gasteiger partial charge is 0.334 e. The highest BCUT2D eigenvalue weighted by Gasteiger charge is 2.39. The number of carbonyl (C=O) groups is 3. The first-order chi connectivity index (χ1) is 10.1. The molecule has 0 radical (unpaired) electrons. The molecule has 0 aliphatic heterocycles. The van der Waals surface area contributed by atoms with Gasteiger partial charge in [-0.3, -0.25) is 0 Å². The number of carboxylic acid groups (broad SMARTS) is 2. The minimum atomic E-state index is -2.37. The Morgan fingerprint density at radius 1 is 0.909 bits per heavy atom. The lowest BCUT2D eigenvalue weighted by atomic mass is 9.91. The van der Waals surface area contributed by atoms with Crippen LogP contribution in [0.1, 0.15) is 13.3 Å². The molecule has 0 aromatic carbocycles. The molecular formula is C12H18O10.